The zero-order valence-electron chi connectivity index (χ0n) is 49.8. The van der Waals surface area contributed by atoms with E-state index in [1.54, 1.807) is 24.3 Å². The van der Waals surface area contributed by atoms with Crippen molar-refractivity contribution in [2.24, 2.45) is 0 Å². The molecule has 0 N–H and O–H groups in total. The van der Waals surface area contributed by atoms with Crippen LogP contribution in [0.25, 0.3) is 0 Å². The summed E-state index contributed by atoms with van der Waals surface area (Å²) in [6.45, 7) is 8.79. The first-order valence-electron chi connectivity index (χ1n) is 30.1. The molecular formula is C64H98CaO14S2. The first kappa shape index (κ1) is 77.4. The Bertz CT molecular complexity index is 2200. The van der Waals surface area contributed by atoms with Gasteiger partial charge in [0.1, 0.15) is 46.7 Å². The van der Waals surface area contributed by atoms with Crippen LogP contribution >= 0.6 is 0 Å². The normalized spacial score (nSPS) is 11.7. The van der Waals surface area contributed by atoms with Gasteiger partial charge in [-0.1, -0.05) is 230 Å². The second-order valence-electron chi connectivity index (χ2n) is 20.2. The van der Waals surface area contributed by atoms with Gasteiger partial charge >= 0.3 is 61.6 Å². The summed E-state index contributed by atoms with van der Waals surface area (Å²) in [5, 5.41) is 0. The maximum Gasteiger partial charge on any atom is 2.00 e. The van der Waals surface area contributed by atoms with Gasteiger partial charge in [-0.3, -0.25) is 0 Å². The number of carbonyl (C=O) groups excluding carboxylic acids is 4. The van der Waals surface area contributed by atoms with Gasteiger partial charge < -0.3 is 28.1 Å². The van der Waals surface area contributed by atoms with Gasteiger partial charge in [-0.2, -0.15) is 0 Å². The van der Waals surface area contributed by atoms with Crippen molar-refractivity contribution in [3.05, 3.63) is 107 Å². The Hall–Kier alpha value is -3.64. The summed E-state index contributed by atoms with van der Waals surface area (Å²) in [5.74, 6) is -3.38. The zero-order valence-corrected chi connectivity index (χ0v) is 53.6. The molecule has 17 heteroatoms. The number of ether oxygens (including phenoxy) is 4. The molecule has 0 aliphatic heterocycles. The van der Waals surface area contributed by atoms with Crippen LogP contribution in [0.15, 0.2) is 94.8 Å². The SMILES string of the molecule is CCCCCCCCC/C=C/COC(=O)c1ccc(S(=O)(=O)[O-])cc1C(=O)OC/C=C/CCCCCCCCC.CCCCCCCCC/C=C/COC(=O)c1ccc(S(=O)(=O)[O-])cc1C(=O)OC/C=C/CCCCCCCCC.[Ca+2]. The van der Waals surface area contributed by atoms with Gasteiger partial charge in [-0.05, 0) is 87.8 Å². The summed E-state index contributed by atoms with van der Waals surface area (Å²) in [7, 11) is -9.64. The Morgan fingerprint density at radius 3 is 0.765 bits per heavy atom. The molecule has 0 spiro atoms. The van der Waals surface area contributed by atoms with Crippen LogP contribution in [-0.2, 0) is 39.2 Å². The molecule has 0 fully saturated rings. The van der Waals surface area contributed by atoms with Crippen molar-refractivity contribution >= 4 is 81.9 Å². The smallest absolute Gasteiger partial charge is 0.744 e. The molecule has 0 amide bonds. The quantitative estimate of drug-likeness (QED) is 0.0150. The van der Waals surface area contributed by atoms with E-state index in [1.165, 1.54) is 141 Å². The van der Waals surface area contributed by atoms with Gasteiger partial charge in [0, 0.05) is 0 Å². The number of unbranched alkanes of at least 4 members (excludes halogenated alkanes) is 28. The summed E-state index contributed by atoms with van der Waals surface area (Å²) in [6.07, 6.45) is 52.3. The van der Waals surface area contributed by atoms with Gasteiger partial charge in [0.15, 0.2) is 0 Å². The third-order valence-electron chi connectivity index (χ3n) is 13.2. The maximum atomic E-state index is 12.7. The third kappa shape index (κ3) is 40.3. The molecule has 2 aromatic carbocycles. The Morgan fingerprint density at radius 1 is 0.333 bits per heavy atom. The van der Waals surface area contributed by atoms with Crippen LogP contribution < -0.4 is 0 Å². The summed E-state index contributed by atoms with van der Waals surface area (Å²) in [5.41, 5.74) is -0.918. The predicted molar refractivity (Wildman–Crippen MR) is 323 cm³/mol. The van der Waals surface area contributed by atoms with Crippen LogP contribution in [0.5, 0.6) is 0 Å². The van der Waals surface area contributed by atoms with Crippen LogP contribution in [0.4, 0.5) is 0 Å². The molecule has 0 aliphatic carbocycles. The molecule has 0 saturated heterocycles. The number of esters is 4. The van der Waals surface area contributed by atoms with E-state index in [1.807, 2.05) is 24.3 Å². The van der Waals surface area contributed by atoms with Crippen LogP contribution in [0, 0.1) is 0 Å². The standard InChI is InChI=1S/2C32H50O7S.Ca/c2*1-3-5-7-9-11-13-15-17-19-21-25-38-31(33)29-24-23-28(40(35,36)37)27-30(29)32(34)39-26-22-20-18-16-14-12-10-8-6-4-2;/h2*19-24,27H,3-18,25-26H2,1-2H3,(H,35,36,37);/q;;+2/p-2/b2*21-19+,22-20+;. The van der Waals surface area contributed by atoms with E-state index in [0.717, 1.165) is 101 Å². The van der Waals surface area contributed by atoms with E-state index in [9.17, 15) is 45.1 Å². The van der Waals surface area contributed by atoms with Crippen LogP contribution in [0.2, 0.25) is 0 Å². The molecule has 0 bridgehead atoms. The topological polar surface area (TPSA) is 220 Å². The van der Waals surface area contributed by atoms with E-state index in [4.69, 9.17) is 18.9 Å². The van der Waals surface area contributed by atoms with Crippen LogP contribution in [-0.4, -0.2) is 114 Å². The van der Waals surface area contributed by atoms with Gasteiger partial charge in [-0.25, -0.2) is 36.0 Å². The zero-order chi connectivity index (χ0) is 59.0. The van der Waals surface area contributed by atoms with E-state index < -0.39 is 53.9 Å². The second kappa shape index (κ2) is 50.8. The predicted octanol–water partition coefficient (Wildman–Crippen LogP) is 16.2. The third-order valence-corrected chi connectivity index (χ3v) is 14.9. The van der Waals surface area contributed by atoms with E-state index >= 15 is 0 Å². The number of benzene rings is 2. The number of allylic oxidation sites excluding steroid dienone is 4. The minimum atomic E-state index is -4.82. The number of carbonyl (C=O) groups is 4. The Balaban J connectivity index is 0.00000156. The van der Waals surface area contributed by atoms with Crippen molar-refractivity contribution in [1.29, 1.82) is 0 Å². The molecule has 0 aliphatic rings. The Labute approximate surface area is 518 Å². The van der Waals surface area contributed by atoms with Crippen molar-refractivity contribution in [1.82, 2.24) is 0 Å². The van der Waals surface area contributed by atoms with Gasteiger partial charge in [-0.15, -0.1) is 0 Å². The number of hydrogen-bond donors (Lipinski definition) is 0. The number of rotatable bonds is 46. The summed E-state index contributed by atoms with van der Waals surface area (Å²) < 4.78 is 89.9. The number of hydrogen-bond acceptors (Lipinski definition) is 14. The average molecular weight is 1200 g/mol. The first-order valence-corrected chi connectivity index (χ1v) is 32.9. The molecule has 14 nitrogen and oxygen atoms in total. The molecule has 0 radical (unpaired) electrons. The van der Waals surface area contributed by atoms with Crippen molar-refractivity contribution < 1.29 is 64.1 Å². The molecule has 0 unspecified atom stereocenters. The van der Waals surface area contributed by atoms with Crippen molar-refractivity contribution in [3.8, 4) is 0 Å². The molecule has 0 heterocycles. The minimum absolute atomic E-state index is 0. The molecule has 452 valence electrons. The van der Waals surface area contributed by atoms with Gasteiger partial charge in [0.05, 0.1) is 32.0 Å². The van der Waals surface area contributed by atoms with E-state index in [2.05, 4.69) is 27.7 Å². The van der Waals surface area contributed by atoms with Gasteiger partial charge in [0.2, 0.25) is 0 Å². The Kier molecular flexibility index (Phi) is 48.6. The summed E-state index contributed by atoms with van der Waals surface area (Å²) in [4.78, 5) is 49.5. The Morgan fingerprint density at radius 2 is 0.543 bits per heavy atom. The molecular weight excluding hydrogens is 1100 g/mol. The second-order valence-corrected chi connectivity index (χ2v) is 23.0. The maximum absolute atomic E-state index is 12.7. The molecule has 0 aromatic heterocycles. The van der Waals surface area contributed by atoms with E-state index in [0.29, 0.717) is 0 Å². The molecule has 2 rings (SSSR count). The average Bonchev–Trinajstić information content (AvgIpc) is 3.46. The molecule has 2 aromatic rings. The summed E-state index contributed by atoms with van der Waals surface area (Å²) in [6, 6.07) is 5.97. The largest absolute Gasteiger partial charge is 2.00 e. The minimum Gasteiger partial charge on any atom is -0.744 e. The van der Waals surface area contributed by atoms with Crippen LogP contribution in [0.3, 0.4) is 0 Å². The molecule has 0 saturated carbocycles. The fourth-order valence-corrected chi connectivity index (χ4v) is 9.47. The fraction of sp³-hybridized carbons (Fsp3) is 0.625. The van der Waals surface area contributed by atoms with Crippen molar-refractivity contribution in [2.75, 3.05) is 26.4 Å². The van der Waals surface area contributed by atoms with Crippen LogP contribution in [0.1, 0.15) is 275 Å². The molecule has 81 heavy (non-hydrogen) atoms. The van der Waals surface area contributed by atoms with E-state index in [-0.39, 0.29) is 86.4 Å². The van der Waals surface area contributed by atoms with Crippen molar-refractivity contribution in [2.45, 2.75) is 243 Å². The first-order chi connectivity index (χ1) is 38.6. The molecule has 0 atom stereocenters. The fourth-order valence-electron chi connectivity index (χ4n) is 8.48. The monoisotopic (exact) mass is 1190 g/mol. The van der Waals surface area contributed by atoms with Crippen molar-refractivity contribution in [3.63, 3.8) is 0 Å². The summed E-state index contributed by atoms with van der Waals surface area (Å²) >= 11 is 0. The van der Waals surface area contributed by atoms with Gasteiger partial charge in [0.25, 0.3) is 0 Å².